The van der Waals surface area contributed by atoms with Crippen LogP contribution in [0.3, 0.4) is 0 Å². The normalized spacial score (nSPS) is 15.4. The minimum Gasteiger partial charge on any atom is -0.493 e. The number of unbranched alkanes of at least 4 members (excludes halogenated alkanes) is 1. The van der Waals surface area contributed by atoms with Crippen molar-refractivity contribution in [2.24, 2.45) is 0 Å². The molecule has 6 heteroatoms. The highest BCUT2D eigenvalue weighted by Gasteiger charge is 2.34. The standard InChI is InChI=1S/C22H23NO4S/c1-3-4-12-27-18-11-10-17(13-19(18)26-2)14-20-21(24)23(22(25)28-20)15-16-8-6-5-7-9-16/h5-11,13-14H,3-4,12,15H2,1-2H3/b20-14-. The van der Waals surface area contributed by atoms with Gasteiger partial charge in [0.05, 0.1) is 25.2 Å². The van der Waals surface area contributed by atoms with Gasteiger partial charge in [-0.05, 0) is 47.5 Å². The molecule has 0 radical (unpaired) electrons. The second-order valence-corrected chi connectivity index (χ2v) is 7.36. The minimum atomic E-state index is -0.277. The fraction of sp³-hybridized carbons (Fsp3) is 0.273. The van der Waals surface area contributed by atoms with Gasteiger partial charge in [-0.1, -0.05) is 49.7 Å². The van der Waals surface area contributed by atoms with E-state index in [-0.39, 0.29) is 17.7 Å². The Morgan fingerprint density at radius 2 is 1.86 bits per heavy atom. The van der Waals surface area contributed by atoms with E-state index >= 15 is 0 Å². The van der Waals surface area contributed by atoms with Gasteiger partial charge in [-0.15, -0.1) is 0 Å². The number of carbonyl (C=O) groups excluding carboxylic acids is 2. The molecule has 0 aliphatic carbocycles. The number of thioether (sulfide) groups is 1. The number of hydrogen-bond acceptors (Lipinski definition) is 5. The molecule has 0 aromatic heterocycles. The van der Waals surface area contributed by atoms with Gasteiger partial charge in [0.15, 0.2) is 11.5 Å². The molecule has 2 amide bonds. The molecular formula is C22H23NO4S. The summed E-state index contributed by atoms with van der Waals surface area (Å²) >= 11 is 0.957. The molecule has 2 aromatic carbocycles. The van der Waals surface area contributed by atoms with E-state index in [1.807, 2.05) is 48.5 Å². The Labute approximate surface area is 169 Å². The minimum absolute atomic E-state index is 0.258. The molecule has 0 unspecified atom stereocenters. The average molecular weight is 397 g/mol. The first-order chi connectivity index (χ1) is 13.6. The van der Waals surface area contributed by atoms with Crippen molar-refractivity contribution in [3.63, 3.8) is 0 Å². The molecule has 0 spiro atoms. The van der Waals surface area contributed by atoms with Crippen molar-refractivity contribution in [1.29, 1.82) is 0 Å². The van der Waals surface area contributed by atoms with Gasteiger partial charge >= 0.3 is 0 Å². The number of hydrogen-bond donors (Lipinski definition) is 0. The molecule has 1 heterocycles. The summed E-state index contributed by atoms with van der Waals surface area (Å²) in [5.41, 5.74) is 1.70. The Morgan fingerprint density at radius 3 is 2.57 bits per heavy atom. The van der Waals surface area contributed by atoms with E-state index in [2.05, 4.69) is 6.92 Å². The first-order valence-corrected chi connectivity index (χ1v) is 10.0. The number of ether oxygens (including phenoxy) is 2. The van der Waals surface area contributed by atoms with Crippen LogP contribution in [0.1, 0.15) is 30.9 Å². The quantitative estimate of drug-likeness (QED) is 0.458. The molecule has 0 N–H and O–H groups in total. The van der Waals surface area contributed by atoms with E-state index < -0.39 is 0 Å². The summed E-state index contributed by atoms with van der Waals surface area (Å²) in [5.74, 6) is 1.000. The summed E-state index contributed by atoms with van der Waals surface area (Å²) in [5, 5.41) is -0.258. The maximum absolute atomic E-state index is 12.7. The van der Waals surface area contributed by atoms with Crippen LogP contribution in [0.15, 0.2) is 53.4 Å². The molecule has 146 valence electrons. The molecule has 0 atom stereocenters. The van der Waals surface area contributed by atoms with Crippen molar-refractivity contribution in [2.45, 2.75) is 26.3 Å². The Hall–Kier alpha value is -2.73. The highest BCUT2D eigenvalue weighted by atomic mass is 32.2. The summed E-state index contributed by atoms with van der Waals surface area (Å²) < 4.78 is 11.1. The van der Waals surface area contributed by atoms with Crippen LogP contribution >= 0.6 is 11.8 Å². The van der Waals surface area contributed by atoms with Crippen molar-refractivity contribution in [2.75, 3.05) is 13.7 Å². The Morgan fingerprint density at radius 1 is 1.07 bits per heavy atom. The van der Waals surface area contributed by atoms with Gasteiger partial charge < -0.3 is 9.47 Å². The van der Waals surface area contributed by atoms with Gasteiger partial charge in [0.25, 0.3) is 11.1 Å². The Bertz CT molecular complexity index is 879. The third-order valence-corrected chi connectivity index (χ3v) is 5.21. The van der Waals surface area contributed by atoms with Crippen LogP contribution in [0.4, 0.5) is 4.79 Å². The molecule has 1 aliphatic rings. The van der Waals surface area contributed by atoms with E-state index in [4.69, 9.17) is 9.47 Å². The lowest BCUT2D eigenvalue weighted by Crippen LogP contribution is -2.27. The summed E-state index contributed by atoms with van der Waals surface area (Å²) in [4.78, 5) is 26.7. The fourth-order valence-electron chi connectivity index (χ4n) is 2.77. The molecule has 5 nitrogen and oxygen atoms in total. The second-order valence-electron chi connectivity index (χ2n) is 6.37. The average Bonchev–Trinajstić information content (AvgIpc) is 2.97. The zero-order valence-corrected chi connectivity index (χ0v) is 16.8. The Balaban J connectivity index is 1.76. The molecule has 0 saturated carbocycles. The van der Waals surface area contributed by atoms with Crippen LogP contribution in [-0.4, -0.2) is 29.8 Å². The van der Waals surface area contributed by atoms with E-state index in [0.29, 0.717) is 23.0 Å². The fourth-order valence-corrected chi connectivity index (χ4v) is 3.61. The third-order valence-electron chi connectivity index (χ3n) is 4.30. The number of amides is 2. The predicted molar refractivity (Wildman–Crippen MR) is 111 cm³/mol. The zero-order chi connectivity index (χ0) is 19.9. The highest BCUT2D eigenvalue weighted by molar-refractivity contribution is 8.18. The van der Waals surface area contributed by atoms with Crippen molar-refractivity contribution >= 4 is 29.0 Å². The smallest absolute Gasteiger partial charge is 0.293 e. The summed E-state index contributed by atoms with van der Waals surface area (Å²) in [6.07, 6.45) is 3.74. The summed E-state index contributed by atoms with van der Waals surface area (Å²) in [7, 11) is 1.58. The lowest BCUT2D eigenvalue weighted by molar-refractivity contribution is -0.123. The SMILES string of the molecule is CCCCOc1ccc(/C=C2\SC(=O)N(Cc3ccccc3)C2=O)cc1OC. The van der Waals surface area contributed by atoms with Crippen molar-refractivity contribution in [3.8, 4) is 11.5 Å². The van der Waals surface area contributed by atoms with Crippen LogP contribution in [0.5, 0.6) is 11.5 Å². The van der Waals surface area contributed by atoms with Gasteiger partial charge in [0.2, 0.25) is 0 Å². The van der Waals surface area contributed by atoms with E-state index in [1.165, 1.54) is 4.90 Å². The number of carbonyl (C=O) groups is 2. The van der Waals surface area contributed by atoms with Crippen molar-refractivity contribution in [1.82, 2.24) is 4.90 Å². The molecule has 2 aromatic rings. The first kappa shape index (κ1) is 20.0. The topological polar surface area (TPSA) is 55.8 Å². The summed E-state index contributed by atoms with van der Waals surface area (Å²) in [6, 6.07) is 15.0. The van der Waals surface area contributed by atoms with Crippen LogP contribution in [-0.2, 0) is 11.3 Å². The lowest BCUT2D eigenvalue weighted by Gasteiger charge is -2.12. The zero-order valence-electron chi connectivity index (χ0n) is 16.0. The highest BCUT2D eigenvalue weighted by Crippen LogP contribution is 2.35. The molecule has 1 aliphatic heterocycles. The maximum Gasteiger partial charge on any atom is 0.293 e. The van der Waals surface area contributed by atoms with Gasteiger partial charge in [0, 0.05) is 0 Å². The van der Waals surface area contributed by atoms with Crippen molar-refractivity contribution < 1.29 is 19.1 Å². The van der Waals surface area contributed by atoms with E-state index in [0.717, 1.165) is 35.7 Å². The van der Waals surface area contributed by atoms with E-state index in [9.17, 15) is 9.59 Å². The van der Waals surface area contributed by atoms with Crippen LogP contribution in [0.25, 0.3) is 6.08 Å². The largest absolute Gasteiger partial charge is 0.493 e. The predicted octanol–water partition coefficient (Wildman–Crippen LogP) is 5.11. The first-order valence-electron chi connectivity index (χ1n) is 9.22. The third kappa shape index (κ3) is 4.75. The molecule has 0 bridgehead atoms. The maximum atomic E-state index is 12.7. The monoisotopic (exact) mass is 397 g/mol. The van der Waals surface area contributed by atoms with Gasteiger partial charge in [-0.2, -0.15) is 0 Å². The van der Waals surface area contributed by atoms with Crippen LogP contribution in [0.2, 0.25) is 0 Å². The van der Waals surface area contributed by atoms with Crippen molar-refractivity contribution in [3.05, 3.63) is 64.6 Å². The molecule has 1 saturated heterocycles. The van der Waals surface area contributed by atoms with Gasteiger partial charge in [-0.3, -0.25) is 14.5 Å². The van der Waals surface area contributed by atoms with Crippen LogP contribution in [0, 0.1) is 0 Å². The Kier molecular flexibility index (Phi) is 6.76. The van der Waals surface area contributed by atoms with Crippen LogP contribution < -0.4 is 9.47 Å². The molecule has 1 fully saturated rings. The molecule has 28 heavy (non-hydrogen) atoms. The second kappa shape index (κ2) is 9.46. The molecular weight excluding hydrogens is 374 g/mol. The number of imide groups is 1. The lowest BCUT2D eigenvalue weighted by atomic mass is 10.1. The number of benzene rings is 2. The number of rotatable bonds is 8. The van der Waals surface area contributed by atoms with Gasteiger partial charge in [0.1, 0.15) is 0 Å². The summed E-state index contributed by atoms with van der Waals surface area (Å²) in [6.45, 7) is 3.01. The van der Waals surface area contributed by atoms with Gasteiger partial charge in [-0.25, -0.2) is 0 Å². The molecule has 3 rings (SSSR count). The number of methoxy groups -OCH3 is 1. The number of nitrogens with zero attached hydrogens (tertiary/aromatic N) is 1. The van der Waals surface area contributed by atoms with E-state index in [1.54, 1.807) is 13.2 Å².